The molecule has 2 heteroatoms. The van der Waals surface area contributed by atoms with Crippen LogP contribution in [0.1, 0.15) is 23.6 Å². The van der Waals surface area contributed by atoms with E-state index in [9.17, 15) is 0 Å². The molecule has 0 aliphatic heterocycles. The number of anilines is 1. The third-order valence-electron chi connectivity index (χ3n) is 3.77. The van der Waals surface area contributed by atoms with E-state index in [4.69, 9.17) is 5.73 Å². The lowest BCUT2D eigenvalue weighted by Gasteiger charge is -2.24. The van der Waals surface area contributed by atoms with Gasteiger partial charge < -0.3 is 10.6 Å². The Morgan fingerprint density at radius 1 is 0.950 bits per heavy atom. The molecular formula is C18H24N2. The summed E-state index contributed by atoms with van der Waals surface area (Å²) in [6.07, 6.45) is 1.04. The smallest absolute Gasteiger partial charge is 0.0366 e. The number of likely N-dealkylation sites (N-methyl/N-ethyl adjacent to an activating group) is 1. The van der Waals surface area contributed by atoms with Gasteiger partial charge in [-0.05, 0) is 43.5 Å². The summed E-state index contributed by atoms with van der Waals surface area (Å²) >= 11 is 0. The summed E-state index contributed by atoms with van der Waals surface area (Å²) in [5.74, 6) is 0. The molecule has 0 aromatic heterocycles. The average molecular weight is 268 g/mol. The van der Waals surface area contributed by atoms with Crippen molar-refractivity contribution in [2.75, 3.05) is 18.0 Å². The van der Waals surface area contributed by atoms with Gasteiger partial charge in [0.05, 0.1) is 0 Å². The van der Waals surface area contributed by atoms with Crippen molar-refractivity contribution < 1.29 is 0 Å². The van der Waals surface area contributed by atoms with Gasteiger partial charge in [0.2, 0.25) is 0 Å². The Morgan fingerprint density at radius 3 is 2.20 bits per heavy atom. The van der Waals surface area contributed by atoms with Gasteiger partial charge >= 0.3 is 0 Å². The van der Waals surface area contributed by atoms with Gasteiger partial charge in [-0.3, -0.25) is 0 Å². The fourth-order valence-electron chi connectivity index (χ4n) is 2.48. The molecule has 2 nitrogen and oxygen atoms in total. The van der Waals surface area contributed by atoms with Crippen molar-refractivity contribution in [3.8, 4) is 0 Å². The van der Waals surface area contributed by atoms with Crippen LogP contribution in [0.15, 0.2) is 48.5 Å². The molecule has 0 heterocycles. The molecule has 2 aromatic carbocycles. The number of benzene rings is 2. The van der Waals surface area contributed by atoms with Crippen LogP contribution in [0.4, 0.5) is 5.69 Å². The fraction of sp³-hybridized carbons (Fsp3) is 0.333. The van der Waals surface area contributed by atoms with Crippen LogP contribution >= 0.6 is 0 Å². The first kappa shape index (κ1) is 14.6. The molecule has 2 rings (SSSR count). The molecule has 0 fully saturated rings. The van der Waals surface area contributed by atoms with Crippen LogP contribution in [0.5, 0.6) is 0 Å². The lowest BCUT2D eigenvalue weighted by molar-refractivity contribution is 0.801. The largest absolute Gasteiger partial charge is 0.371 e. The minimum Gasteiger partial charge on any atom is -0.371 e. The van der Waals surface area contributed by atoms with E-state index in [1.54, 1.807) is 0 Å². The summed E-state index contributed by atoms with van der Waals surface area (Å²) in [7, 11) is 0. The summed E-state index contributed by atoms with van der Waals surface area (Å²) in [4.78, 5) is 2.41. The van der Waals surface area contributed by atoms with Gasteiger partial charge in [-0.25, -0.2) is 0 Å². The van der Waals surface area contributed by atoms with Gasteiger partial charge in [-0.2, -0.15) is 0 Å². The quantitative estimate of drug-likeness (QED) is 0.868. The third-order valence-corrected chi connectivity index (χ3v) is 3.77. The van der Waals surface area contributed by atoms with Gasteiger partial charge in [0, 0.05) is 25.3 Å². The van der Waals surface area contributed by atoms with E-state index >= 15 is 0 Å². The van der Waals surface area contributed by atoms with E-state index in [0.717, 1.165) is 19.5 Å². The molecule has 0 spiro atoms. The highest BCUT2D eigenvalue weighted by atomic mass is 15.1. The topological polar surface area (TPSA) is 29.3 Å². The maximum Gasteiger partial charge on any atom is 0.0366 e. The van der Waals surface area contributed by atoms with Crippen LogP contribution in [0.3, 0.4) is 0 Å². The normalized spacial score (nSPS) is 10.6. The molecule has 0 aliphatic carbocycles. The Labute approximate surface area is 122 Å². The predicted octanol–water partition coefficient (Wildman–Crippen LogP) is 3.52. The van der Waals surface area contributed by atoms with Crippen molar-refractivity contribution in [2.24, 2.45) is 5.73 Å². The minimum absolute atomic E-state index is 0.618. The van der Waals surface area contributed by atoms with Crippen LogP contribution < -0.4 is 10.6 Å². The Hall–Kier alpha value is -1.80. The molecule has 0 aliphatic rings. The first-order chi connectivity index (χ1) is 9.74. The molecule has 0 saturated carbocycles. The monoisotopic (exact) mass is 268 g/mol. The maximum atomic E-state index is 5.80. The standard InChI is InChI=1S/C18H24N2/c1-3-20(18-10-8-15(2)9-11-18)13-12-16-6-4-5-7-17(16)14-19/h4-11H,3,12-14,19H2,1-2H3. The highest BCUT2D eigenvalue weighted by Crippen LogP contribution is 2.16. The zero-order chi connectivity index (χ0) is 14.4. The van der Waals surface area contributed by atoms with Crippen molar-refractivity contribution in [1.82, 2.24) is 0 Å². The molecule has 106 valence electrons. The predicted molar refractivity (Wildman–Crippen MR) is 87.1 cm³/mol. The maximum absolute atomic E-state index is 5.80. The zero-order valence-corrected chi connectivity index (χ0v) is 12.5. The number of rotatable bonds is 6. The second-order valence-corrected chi connectivity index (χ2v) is 5.14. The van der Waals surface area contributed by atoms with E-state index in [1.807, 2.05) is 0 Å². The Balaban J connectivity index is 2.05. The Morgan fingerprint density at radius 2 is 1.60 bits per heavy atom. The molecular weight excluding hydrogens is 244 g/mol. The van der Waals surface area contributed by atoms with Crippen LogP contribution in [0.25, 0.3) is 0 Å². The highest BCUT2D eigenvalue weighted by molar-refractivity contribution is 5.47. The average Bonchev–Trinajstić information content (AvgIpc) is 2.50. The second kappa shape index (κ2) is 7.11. The summed E-state index contributed by atoms with van der Waals surface area (Å²) in [5, 5.41) is 0. The number of aryl methyl sites for hydroxylation is 1. The van der Waals surface area contributed by atoms with Gasteiger partial charge in [0.1, 0.15) is 0 Å². The van der Waals surface area contributed by atoms with Gasteiger partial charge in [0.15, 0.2) is 0 Å². The van der Waals surface area contributed by atoms with E-state index < -0.39 is 0 Å². The van der Waals surface area contributed by atoms with E-state index in [1.165, 1.54) is 22.4 Å². The van der Waals surface area contributed by atoms with Crippen molar-refractivity contribution in [3.05, 3.63) is 65.2 Å². The summed E-state index contributed by atoms with van der Waals surface area (Å²) < 4.78 is 0. The van der Waals surface area contributed by atoms with E-state index in [0.29, 0.717) is 6.54 Å². The lowest BCUT2D eigenvalue weighted by Crippen LogP contribution is -2.25. The Bertz CT molecular complexity index is 531. The molecule has 0 bridgehead atoms. The van der Waals surface area contributed by atoms with Crippen LogP contribution in [0, 0.1) is 6.92 Å². The van der Waals surface area contributed by atoms with Gasteiger partial charge in [-0.1, -0.05) is 42.0 Å². The van der Waals surface area contributed by atoms with Crippen LogP contribution in [-0.4, -0.2) is 13.1 Å². The number of hydrogen-bond acceptors (Lipinski definition) is 2. The van der Waals surface area contributed by atoms with Crippen LogP contribution in [-0.2, 0) is 13.0 Å². The summed E-state index contributed by atoms with van der Waals surface area (Å²) in [6.45, 7) is 6.99. The van der Waals surface area contributed by atoms with Crippen LogP contribution in [0.2, 0.25) is 0 Å². The van der Waals surface area contributed by atoms with Crippen molar-refractivity contribution in [2.45, 2.75) is 26.8 Å². The van der Waals surface area contributed by atoms with Crippen molar-refractivity contribution >= 4 is 5.69 Å². The third kappa shape index (κ3) is 3.61. The second-order valence-electron chi connectivity index (χ2n) is 5.14. The molecule has 2 aromatic rings. The molecule has 20 heavy (non-hydrogen) atoms. The van der Waals surface area contributed by atoms with E-state index in [-0.39, 0.29) is 0 Å². The number of nitrogens with two attached hydrogens (primary N) is 1. The first-order valence-electron chi connectivity index (χ1n) is 7.33. The number of nitrogens with zero attached hydrogens (tertiary/aromatic N) is 1. The lowest BCUT2D eigenvalue weighted by atomic mass is 10.0. The minimum atomic E-state index is 0.618. The zero-order valence-electron chi connectivity index (χ0n) is 12.5. The molecule has 0 unspecified atom stereocenters. The first-order valence-corrected chi connectivity index (χ1v) is 7.33. The van der Waals surface area contributed by atoms with Crippen molar-refractivity contribution in [1.29, 1.82) is 0 Å². The van der Waals surface area contributed by atoms with Crippen molar-refractivity contribution in [3.63, 3.8) is 0 Å². The molecule has 2 N–H and O–H groups in total. The summed E-state index contributed by atoms with van der Waals surface area (Å²) in [5.41, 5.74) is 11.0. The molecule has 0 amide bonds. The SMILES string of the molecule is CCN(CCc1ccccc1CN)c1ccc(C)cc1. The molecule has 0 saturated heterocycles. The van der Waals surface area contributed by atoms with E-state index in [2.05, 4.69) is 67.3 Å². The molecule has 0 radical (unpaired) electrons. The Kier molecular flexibility index (Phi) is 5.19. The number of hydrogen-bond donors (Lipinski definition) is 1. The molecule has 0 atom stereocenters. The van der Waals surface area contributed by atoms with Gasteiger partial charge in [-0.15, -0.1) is 0 Å². The fourth-order valence-corrected chi connectivity index (χ4v) is 2.48. The summed E-state index contributed by atoms with van der Waals surface area (Å²) in [6, 6.07) is 17.2. The highest BCUT2D eigenvalue weighted by Gasteiger charge is 2.06. The van der Waals surface area contributed by atoms with Gasteiger partial charge in [0.25, 0.3) is 0 Å².